The van der Waals surface area contributed by atoms with Crippen LogP contribution in [0.15, 0.2) is 88.4 Å². The zero-order valence-electron chi connectivity index (χ0n) is 40.4. The molecule has 2 heterocycles. The van der Waals surface area contributed by atoms with Gasteiger partial charge in [0.1, 0.15) is 34.9 Å². The van der Waals surface area contributed by atoms with Crippen LogP contribution in [0, 0.1) is 26.9 Å². The molecule has 7 rings (SSSR count). The molecule has 23 heteroatoms. The van der Waals surface area contributed by atoms with Crippen molar-refractivity contribution in [3.63, 3.8) is 0 Å². The number of carboxylic acids is 1. The zero-order valence-corrected chi connectivity index (χ0v) is 40.4. The number of carboxylic acid groups (broad SMARTS) is 1. The normalized spacial score (nSPS) is 29.1. The monoisotopic (exact) mass is 1020 g/mol. The molecule has 0 spiro atoms. The van der Waals surface area contributed by atoms with Gasteiger partial charge in [-0.25, -0.2) is 9.59 Å². The van der Waals surface area contributed by atoms with E-state index in [1.54, 1.807) is 24.3 Å². The van der Waals surface area contributed by atoms with E-state index < -0.39 is 167 Å². The van der Waals surface area contributed by atoms with E-state index in [1.807, 2.05) is 0 Å². The minimum absolute atomic E-state index is 0.00588. The average molecular weight is 1020 g/mol. The number of hydrogen-bond donors (Lipinski definition) is 6. The Balaban J connectivity index is 1.32. The molecule has 2 aromatic carbocycles. The van der Waals surface area contributed by atoms with Crippen LogP contribution >= 0.6 is 0 Å². The molecule has 23 nitrogen and oxygen atoms in total. The van der Waals surface area contributed by atoms with Crippen molar-refractivity contribution in [1.29, 1.82) is 0 Å². The highest BCUT2D eigenvalue weighted by molar-refractivity contribution is 5.97. The Morgan fingerprint density at radius 1 is 0.904 bits per heavy atom. The summed E-state index contributed by atoms with van der Waals surface area (Å²) < 4.78 is 35.1. The molecule has 0 radical (unpaired) electrons. The Kier molecular flexibility index (Phi) is 14.9. The largest absolute Gasteiger partial charge is 0.481 e. The fourth-order valence-electron chi connectivity index (χ4n) is 10.9. The lowest BCUT2D eigenvalue weighted by molar-refractivity contribution is -0.402. The number of nitrogens with one attached hydrogen (secondary N) is 2. The van der Waals surface area contributed by atoms with Gasteiger partial charge in [-0.3, -0.25) is 38.9 Å². The van der Waals surface area contributed by atoms with Gasteiger partial charge in [-0.05, 0) is 55.2 Å². The predicted octanol–water partition coefficient (Wildman–Crippen LogP) is 2.59. The fraction of sp³-hybridized carbons (Fsp3) is 0.480. The average Bonchev–Trinajstić information content (AvgIpc) is 3.84. The Labute approximate surface area is 416 Å². The molecule has 1 aromatic heterocycles. The first-order chi connectivity index (χ1) is 34.3. The van der Waals surface area contributed by atoms with Gasteiger partial charge in [0.2, 0.25) is 5.91 Å². The van der Waals surface area contributed by atoms with Crippen molar-refractivity contribution < 1.29 is 91.8 Å². The highest BCUT2D eigenvalue weighted by Crippen LogP contribution is 2.64. The molecule has 390 valence electrons. The first kappa shape index (κ1) is 53.5. The number of aliphatic carboxylic acids is 1. The van der Waals surface area contributed by atoms with Crippen molar-refractivity contribution in [3.8, 4) is 0 Å². The number of rotatable bonds is 16. The minimum atomic E-state index is -2.53. The third-order valence-corrected chi connectivity index (χ3v) is 14.7. The maximum atomic E-state index is 15.6. The summed E-state index contributed by atoms with van der Waals surface area (Å²) in [4.78, 5) is 120. The fourth-order valence-corrected chi connectivity index (χ4v) is 10.9. The Morgan fingerprint density at radius 3 is 2.11 bits per heavy atom. The lowest BCUT2D eigenvalue weighted by Gasteiger charge is -2.67. The molecule has 4 aliphatic rings. The SMILES string of the molecule is CC(=O)O[C@H]1C(=O)[C@@]2(C)[C@H]([C@H](OC(=O)c3ccccc3)[C@]3(O)C[C@H](OC(=O)[C@H](O)[C@@H](NC(=O)[C@@H](CCC(=O)O)NC(=O)c4ccc([N+](=O)[O-])o4)c4ccccc4)C(C)=C1C3(C)C)[C@]1(OC(C)=O)CO[C@@H]1C[C@@H]2O. The van der Waals surface area contributed by atoms with Gasteiger partial charge in [0, 0.05) is 38.5 Å². The van der Waals surface area contributed by atoms with E-state index in [0.29, 0.717) is 0 Å². The van der Waals surface area contributed by atoms with Crippen LogP contribution in [0.5, 0.6) is 0 Å². The smallest absolute Gasteiger partial charge is 0.433 e. The summed E-state index contributed by atoms with van der Waals surface area (Å²) in [5, 5.41) is 63.3. The molecular formula is C50H55N3O20. The molecule has 1 aliphatic heterocycles. The molecule has 2 bridgehead atoms. The van der Waals surface area contributed by atoms with E-state index in [-0.39, 0.29) is 28.7 Å². The summed E-state index contributed by atoms with van der Waals surface area (Å²) in [6.45, 7) is 7.45. The molecule has 0 unspecified atom stereocenters. The van der Waals surface area contributed by atoms with E-state index >= 15 is 4.79 Å². The molecular weight excluding hydrogens is 963 g/mol. The second-order valence-corrected chi connectivity index (χ2v) is 19.4. The number of amides is 2. The number of ketones is 1. The first-order valence-corrected chi connectivity index (χ1v) is 23.2. The standard InChI is InChI=1S/C50H55N3O20/c1-24-31(71-46(64)38(59)37(27-13-9-7-10-14-27)52-43(61)29(17-20-35(57)58)51-44(62)30-18-19-34(70-30)53(66)67)22-50(65)42(72-45(63)28-15-11-8-12-16-28)40-48(6,32(56)21-33-49(40,23-68-33)73-26(3)55)41(60)39(69-25(2)54)36(24)47(50,4)5/h7-16,18-19,29,31-33,37-40,42,56,59,65H,17,20-23H2,1-6H3,(H,51,62)(H,52,61)(H,57,58)/t29-,31+,32+,33-,37+,38-,39-,40+,42+,48-,49+,50-/m1/s1. The molecule has 3 aliphatic carbocycles. The maximum absolute atomic E-state index is 15.6. The predicted molar refractivity (Wildman–Crippen MR) is 245 cm³/mol. The molecule has 6 N–H and O–H groups in total. The number of furan rings is 1. The lowest BCUT2D eigenvalue weighted by atomic mass is 9.44. The van der Waals surface area contributed by atoms with Crippen LogP contribution in [-0.4, -0.2) is 133 Å². The van der Waals surface area contributed by atoms with Crippen LogP contribution < -0.4 is 10.6 Å². The Bertz CT molecular complexity index is 2740. The second-order valence-electron chi connectivity index (χ2n) is 19.4. The number of Topliss-reactive ketones (excluding diaryl/α,β-unsaturated/α-hetero) is 1. The molecule has 2 amide bonds. The van der Waals surface area contributed by atoms with Crippen molar-refractivity contribution in [3.05, 3.63) is 111 Å². The highest BCUT2D eigenvalue weighted by atomic mass is 16.7. The van der Waals surface area contributed by atoms with Gasteiger partial charge in [0.05, 0.1) is 41.7 Å². The number of carbonyl (C=O) groups excluding carboxylic acids is 7. The van der Waals surface area contributed by atoms with Crippen molar-refractivity contribution >= 4 is 53.3 Å². The molecule has 2 saturated carbocycles. The molecule has 12 atom stereocenters. The van der Waals surface area contributed by atoms with Gasteiger partial charge in [-0.2, -0.15) is 0 Å². The second kappa shape index (κ2) is 20.3. The van der Waals surface area contributed by atoms with E-state index in [4.69, 9.17) is 28.1 Å². The summed E-state index contributed by atoms with van der Waals surface area (Å²) in [6.07, 6.45) is -12.9. The number of esters is 4. The number of benzene rings is 2. The zero-order chi connectivity index (χ0) is 53.5. The van der Waals surface area contributed by atoms with Gasteiger partial charge in [0.15, 0.2) is 29.4 Å². The van der Waals surface area contributed by atoms with E-state index in [2.05, 4.69) is 10.6 Å². The van der Waals surface area contributed by atoms with Crippen molar-refractivity contribution in [2.45, 2.75) is 127 Å². The Morgan fingerprint density at radius 2 is 1.55 bits per heavy atom. The topological polar surface area (TPSA) is 344 Å². The van der Waals surface area contributed by atoms with Crippen LogP contribution in [0.3, 0.4) is 0 Å². The number of aliphatic hydroxyl groups excluding tert-OH is 2. The number of carbonyl (C=O) groups is 8. The number of aliphatic hydroxyl groups is 3. The van der Waals surface area contributed by atoms with Gasteiger partial charge >= 0.3 is 35.7 Å². The molecule has 73 heavy (non-hydrogen) atoms. The number of hydrogen-bond acceptors (Lipinski definition) is 19. The van der Waals surface area contributed by atoms with Crippen molar-refractivity contribution in [1.82, 2.24) is 10.6 Å². The van der Waals surface area contributed by atoms with Crippen molar-refractivity contribution in [2.75, 3.05) is 6.61 Å². The Hall–Kier alpha value is -7.34. The maximum Gasteiger partial charge on any atom is 0.433 e. The van der Waals surface area contributed by atoms with Gasteiger partial charge in [0.25, 0.3) is 5.91 Å². The van der Waals surface area contributed by atoms with Crippen LogP contribution in [0.2, 0.25) is 0 Å². The van der Waals surface area contributed by atoms with E-state index in [1.165, 1.54) is 64.1 Å². The van der Waals surface area contributed by atoms with E-state index in [9.17, 15) is 64.1 Å². The first-order valence-electron chi connectivity index (χ1n) is 23.2. The summed E-state index contributed by atoms with van der Waals surface area (Å²) in [5.74, 6) is -11.9. The lowest BCUT2D eigenvalue weighted by Crippen LogP contribution is -2.82. The van der Waals surface area contributed by atoms with E-state index in [0.717, 1.165) is 26.0 Å². The quantitative estimate of drug-likeness (QED) is 0.0395. The van der Waals surface area contributed by atoms with Crippen LogP contribution in [0.1, 0.15) is 99.7 Å². The van der Waals surface area contributed by atoms with Crippen molar-refractivity contribution in [2.24, 2.45) is 16.7 Å². The summed E-state index contributed by atoms with van der Waals surface area (Å²) in [7, 11) is 0. The molecule has 3 aromatic rings. The third-order valence-electron chi connectivity index (χ3n) is 14.7. The van der Waals surface area contributed by atoms with Crippen LogP contribution in [-0.2, 0) is 52.5 Å². The van der Waals surface area contributed by atoms with Gasteiger partial charge < -0.3 is 59.2 Å². The summed E-state index contributed by atoms with van der Waals surface area (Å²) in [6, 6.07) is 13.4. The third kappa shape index (κ3) is 9.71. The molecule has 3 fully saturated rings. The number of fused-ring (bicyclic) bond motifs is 5. The van der Waals surface area contributed by atoms with Crippen LogP contribution in [0.4, 0.5) is 5.88 Å². The number of nitrogens with zero attached hydrogens (tertiary/aromatic N) is 1. The minimum Gasteiger partial charge on any atom is -0.481 e. The highest BCUT2D eigenvalue weighted by Gasteiger charge is 2.78. The molecule has 1 saturated heterocycles. The van der Waals surface area contributed by atoms with Gasteiger partial charge in [-0.15, -0.1) is 0 Å². The van der Waals surface area contributed by atoms with Crippen LogP contribution in [0.25, 0.3) is 0 Å². The number of nitro groups is 1. The summed E-state index contributed by atoms with van der Waals surface area (Å²) in [5.41, 5.74) is -8.35. The van der Waals surface area contributed by atoms with Gasteiger partial charge in [-0.1, -0.05) is 62.4 Å². The summed E-state index contributed by atoms with van der Waals surface area (Å²) >= 11 is 0. The number of ether oxygens (including phenoxy) is 5.